The van der Waals surface area contributed by atoms with Crippen LogP contribution in [0.25, 0.3) is 32.3 Å². The van der Waals surface area contributed by atoms with E-state index in [2.05, 4.69) is 4.98 Å². The number of benzene rings is 3. The number of thiophene rings is 1. The predicted octanol–water partition coefficient (Wildman–Crippen LogP) is 6.04. The highest BCUT2D eigenvalue weighted by Gasteiger charge is 2.21. The average molecular weight is 439 g/mol. The molecular formula is C26H17NO4S. The van der Waals surface area contributed by atoms with E-state index in [1.807, 2.05) is 48.5 Å². The number of hydrogen-bond donors (Lipinski definition) is 2. The van der Waals surface area contributed by atoms with Gasteiger partial charge in [0.2, 0.25) is 5.78 Å². The number of ether oxygens (including phenoxy) is 1. The summed E-state index contributed by atoms with van der Waals surface area (Å²) in [5.41, 5.74) is 3.98. The molecule has 0 atom stereocenters. The zero-order valence-corrected chi connectivity index (χ0v) is 17.6. The Morgan fingerprint density at radius 1 is 0.938 bits per heavy atom. The molecule has 0 amide bonds. The van der Waals surface area contributed by atoms with E-state index in [-0.39, 0.29) is 11.5 Å². The number of phenols is 1. The molecule has 0 spiro atoms. The van der Waals surface area contributed by atoms with Crippen LogP contribution < -0.4 is 4.74 Å². The lowest BCUT2D eigenvalue weighted by atomic mass is 9.96. The number of rotatable bonds is 6. The number of phenolic OH excluding ortho intramolecular Hbond substituents is 1. The van der Waals surface area contributed by atoms with Crippen molar-refractivity contribution in [3.8, 4) is 33.8 Å². The van der Waals surface area contributed by atoms with Crippen molar-refractivity contribution in [2.24, 2.45) is 0 Å². The first-order chi connectivity index (χ1) is 15.7. The van der Waals surface area contributed by atoms with Gasteiger partial charge in [0, 0.05) is 39.2 Å². The van der Waals surface area contributed by atoms with Gasteiger partial charge in [-0.15, -0.1) is 11.3 Å². The minimum absolute atomic E-state index is 0.0577. The summed E-state index contributed by atoms with van der Waals surface area (Å²) in [4.78, 5) is 27.7. The maximum Gasteiger partial charge on any atom is 0.298 e. The number of fused-ring (bicyclic) bond motifs is 1. The van der Waals surface area contributed by atoms with Crippen LogP contribution in [0.5, 0.6) is 11.5 Å². The molecule has 5 nitrogen and oxygen atoms in total. The highest BCUT2D eigenvalue weighted by Crippen LogP contribution is 2.42. The monoisotopic (exact) mass is 439 g/mol. The van der Waals surface area contributed by atoms with Gasteiger partial charge in [0.15, 0.2) is 5.75 Å². The number of carbonyl (C=O) groups excluding carboxylic acids is 2. The first-order valence-electron chi connectivity index (χ1n) is 9.89. The fourth-order valence-electron chi connectivity index (χ4n) is 3.79. The predicted molar refractivity (Wildman–Crippen MR) is 125 cm³/mol. The van der Waals surface area contributed by atoms with E-state index in [0.717, 1.165) is 32.3 Å². The second-order valence-corrected chi connectivity index (χ2v) is 8.26. The molecule has 2 aromatic heterocycles. The number of aromatic amines is 1. The highest BCUT2D eigenvalue weighted by atomic mass is 32.1. The Hall–Kier alpha value is -4.16. The van der Waals surface area contributed by atoms with Crippen LogP contribution in [-0.4, -0.2) is 22.3 Å². The Morgan fingerprint density at radius 3 is 2.44 bits per heavy atom. The van der Waals surface area contributed by atoms with Crippen LogP contribution >= 0.6 is 11.3 Å². The third-order valence-electron chi connectivity index (χ3n) is 5.28. The van der Waals surface area contributed by atoms with Crippen LogP contribution in [0.3, 0.4) is 0 Å². The van der Waals surface area contributed by atoms with Crippen LogP contribution in [0, 0.1) is 0 Å². The van der Waals surface area contributed by atoms with E-state index < -0.39 is 0 Å². The minimum atomic E-state index is -0.0577. The number of aromatic nitrogens is 1. The molecule has 6 heteroatoms. The lowest BCUT2D eigenvalue weighted by Gasteiger charge is -2.07. The van der Waals surface area contributed by atoms with Gasteiger partial charge in [-0.25, -0.2) is 0 Å². The molecule has 2 heterocycles. The maximum atomic E-state index is 13.4. The Bertz CT molecular complexity index is 1430. The molecule has 0 fully saturated rings. The number of aromatic hydroxyl groups is 1. The van der Waals surface area contributed by atoms with Crippen molar-refractivity contribution in [3.63, 3.8) is 0 Å². The second-order valence-electron chi connectivity index (χ2n) is 7.21. The third kappa shape index (κ3) is 3.46. The zero-order valence-electron chi connectivity index (χ0n) is 16.7. The number of carbonyl (C=O) groups is 2. The summed E-state index contributed by atoms with van der Waals surface area (Å²) < 4.78 is 5.87. The molecule has 0 saturated carbocycles. The van der Waals surface area contributed by atoms with Crippen molar-refractivity contribution in [3.05, 3.63) is 95.6 Å². The van der Waals surface area contributed by atoms with Crippen molar-refractivity contribution >= 4 is 33.7 Å². The van der Waals surface area contributed by atoms with Gasteiger partial charge in [-0.3, -0.25) is 9.59 Å². The standard InChI is InChI=1S/C26H17NO4S/c28-15-31-22-14-27-13-21(22)16-6-8-17(9-7-16)24-20-11-10-19(29)12-23(20)32-26(24)25(30)18-4-2-1-3-5-18/h1-15,27,29H. The summed E-state index contributed by atoms with van der Waals surface area (Å²) >= 11 is 1.37. The van der Waals surface area contributed by atoms with Crippen molar-refractivity contribution < 1.29 is 19.4 Å². The summed E-state index contributed by atoms with van der Waals surface area (Å²) in [6, 6.07) is 22.1. The normalized spacial score (nSPS) is 10.9. The van der Waals surface area contributed by atoms with Gasteiger partial charge >= 0.3 is 0 Å². The van der Waals surface area contributed by atoms with Crippen molar-refractivity contribution in [1.82, 2.24) is 4.98 Å². The molecule has 0 unspecified atom stereocenters. The first-order valence-corrected chi connectivity index (χ1v) is 10.7. The number of hydrogen-bond acceptors (Lipinski definition) is 5. The number of ketones is 1. The molecule has 3 aromatic carbocycles. The van der Waals surface area contributed by atoms with Crippen molar-refractivity contribution in [2.45, 2.75) is 0 Å². The van der Waals surface area contributed by atoms with E-state index >= 15 is 0 Å². The Balaban J connectivity index is 1.64. The molecule has 156 valence electrons. The Morgan fingerprint density at radius 2 is 1.69 bits per heavy atom. The second kappa shape index (κ2) is 8.17. The van der Waals surface area contributed by atoms with E-state index in [1.165, 1.54) is 11.3 Å². The van der Waals surface area contributed by atoms with E-state index in [4.69, 9.17) is 4.74 Å². The number of nitrogens with one attached hydrogen (secondary N) is 1. The van der Waals surface area contributed by atoms with E-state index in [0.29, 0.717) is 22.7 Å². The third-order valence-corrected chi connectivity index (χ3v) is 6.43. The zero-order chi connectivity index (χ0) is 22.1. The molecule has 0 bridgehead atoms. The van der Waals surface area contributed by atoms with E-state index in [9.17, 15) is 14.7 Å². The van der Waals surface area contributed by atoms with Crippen LogP contribution in [-0.2, 0) is 4.79 Å². The summed E-state index contributed by atoms with van der Waals surface area (Å²) in [7, 11) is 0. The van der Waals surface area contributed by atoms with Gasteiger partial charge in [0.05, 0.1) is 4.88 Å². The maximum absolute atomic E-state index is 13.4. The van der Waals surface area contributed by atoms with Gasteiger partial charge in [0.1, 0.15) is 5.75 Å². The molecular weight excluding hydrogens is 422 g/mol. The van der Waals surface area contributed by atoms with Crippen LogP contribution in [0.2, 0.25) is 0 Å². The van der Waals surface area contributed by atoms with Crippen LogP contribution in [0.4, 0.5) is 0 Å². The molecule has 0 radical (unpaired) electrons. The fourth-order valence-corrected chi connectivity index (χ4v) is 5.01. The van der Waals surface area contributed by atoms with Gasteiger partial charge in [-0.2, -0.15) is 0 Å². The Labute approximate surface area is 187 Å². The topological polar surface area (TPSA) is 79.4 Å². The molecule has 2 N–H and O–H groups in total. The lowest BCUT2D eigenvalue weighted by molar-refractivity contribution is -0.120. The van der Waals surface area contributed by atoms with E-state index in [1.54, 1.807) is 36.7 Å². The quantitative estimate of drug-likeness (QED) is 0.250. The molecule has 0 aliphatic heterocycles. The molecule has 0 saturated heterocycles. The fraction of sp³-hybridized carbons (Fsp3) is 0. The SMILES string of the molecule is O=COc1c[nH]cc1-c1ccc(-c2c(C(=O)c3ccccc3)sc3cc(O)ccc23)cc1. The summed E-state index contributed by atoms with van der Waals surface area (Å²) in [6.45, 7) is 0.398. The average Bonchev–Trinajstić information content (AvgIpc) is 3.44. The van der Waals surface area contributed by atoms with Gasteiger partial charge < -0.3 is 14.8 Å². The largest absolute Gasteiger partial charge is 0.508 e. The molecule has 5 rings (SSSR count). The summed E-state index contributed by atoms with van der Waals surface area (Å²) in [5.74, 6) is 0.552. The van der Waals surface area contributed by atoms with Crippen molar-refractivity contribution in [1.29, 1.82) is 0 Å². The molecule has 32 heavy (non-hydrogen) atoms. The molecule has 0 aliphatic carbocycles. The molecule has 5 aromatic rings. The first kappa shape index (κ1) is 19.8. The Kier molecular flexibility index (Phi) is 5.05. The lowest BCUT2D eigenvalue weighted by Crippen LogP contribution is -2.00. The van der Waals surface area contributed by atoms with Crippen LogP contribution in [0.15, 0.2) is 85.2 Å². The van der Waals surface area contributed by atoms with Gasteiger partial charge in [0.25, 0.3) is 6.47 Å². The summed E-state index contributed by atoms with van der Waals surface area (Å²) in [5, 5.41) is 10.9. The summed E-state index contributed by atoms with van der Waals surface area (Å²) in [6.07, 6.45) is 3.38. The number of H-pyrrole nitrogens is 1. The van der Waals surface area contributed by atoms with Gasteiger partial charge in [-0.1, -0.05) is 54.6 Å². The van der Waals surface area contributed by atoms with Crippen molar-refractivity contribution in [2.75, 3.05) is 0 Å². The highest BCUT2D eigenvalue weighted by molar-refractivity contribution is 7.21. The minimum Gasteiger partial charge on any atom is -0.508 e. The van der Waals surface area contributed by atoms with Gasteiger partial charge in [-0.05, 0) is 29.3 Å². The van der Waals surface area contributed by atoms with Crippen LogP contribution in [0.1, 0.15) is 15.2 Å². The smallest absolute Gasteiger partial charge is 0.298 e. The molecule has 0 aliphatic rings.